The molecule has 2 aromatic carbocycles. The zero-order valence-electron chi connectivity index (χ0n) is 13.8. The molecular formula is C19H16FNO5. The summed E-state index contributed by atoms with van der Waals surface area (Å²) in [6.07, 6.45) is 0.0611. The van der Waals surface area contributed by atoms with Gasteiger partial charge in [0.2, 0.25) is 5.91 Å². The minimum Gasteiger partial charge on any atom is -0.487 e. The first-order valence-corrected chi connectivity index (χ1v) is 8.02. The molecule has 1 aliphatic rings. The summed E-state index contributed by atoms with van der Waals surface area (Å²) in [7, 11) is 0. The number of halogens is 1. The number of para-hydroxylation sites is 1. The monoisotopic (exact) mass is 357 g/mol. The van der Waals surface area contributed by atoms with Gasteiger partial charge in [-0.05, 0) is 23.8 Å². The molecule has 2 amide bonds. The number of hydrogen-bond donors (Lipinski definition) is 0. The molecule has 0 saturated carbocycles. The van der Waals surface area contributed by atoms with Crippen LogP contribution in [0.2, 0.25) is 0 Å². The largest absolute Gasteiger partial charge is 0.487 e. The number of carbonyl (C=O) groups excluding carboxylic acids is 3. The Morgan fingerprint density at radius 1 is 1.04 bits per heavy atom. The van der Waals surface area contributed by atoms with Crippen molar-refractivity contribution in [2.24, 2.45) is 0 Å². The predicted molar refractivity (Wildman–Crippen MR) is 89.0 cm³/mol. The van der Waals surface area contributed by atoms with Gasteiger partial charge < -0.3 is 9.47 Å². The standard InChI is InChI=1S/C19H16FNO5/c20-15-7-3-4-8-16(15)25-9-10-26-18(23)12-21-17(22)11-13-5-1-2-6-14(13)19(21)24/h1-8H,9-12H2. The summed E-state index contributed by atoms with van der Waals surface area (Å²) in [5.74, 6) is -2.16. The lowest BCUT2D eigenvalue weighted by molar-refractivity contribution is -0.148. The molecule has 2 aromatic rings. The van der Waals surface area contributed by atoms with Gasteiger partial charge in [-0.2, -0.15) is 0 Å². The number of carbonyl (C=O) groups is 3. The van der Waals surface area contributed by atoms with Crippen molar-refractivity contribution in [2.75, 3.05) is 19.8 Å². The fourth-order valence-corrected chi connectivity index (χ4v) is 2.60. The Morgan fingerprint density at radius 3 is 2.58 bits per heavy atom. The van der Waals surface area contributed by atoms with Crippen molar-refractivity contribution in [3.05, 3.63) is 65.5 Å². The fourth-order valence-electron chi connectivity index (χ4n) is 2.60. The van der Waals surface area contributed by atoms with E-state index in [-0.39, 0.29) is 25.4 Å². The lowest BCUT2D eigenvalue weighted by Crippen LogP contribution is -2.45. The van der Waals surface area contributed by atoms with Gasteiger partial charge in [-0.15, -0.1) is 0 Å². The summed E-state index contributed by atoms with van der Waals surface area (Å²) in [5.41, 5.74) is 1.05. The number of esters is 1. The molecule has 1 heterocycles. The van der Waals surface area contributed by atoms with E-state index < -0.39 is 30.1 Å². The van der Waals surface area contributed by atoms with Crippen molar-refractivity contribution in [1.82, 2.24) is 4.90 Å². The molecule has 0 fully saturated rings. The van der Waals surface area contributed by atoms with Gasteiger partial charge in [0.25, 0.3) is 5.91 Å². The van der Waals surface area contributed by atoms with Crippen LogP contribution in [0.3, 0.4) is 0 Å². The van der Waals surface area contributed by atoms with E-state index in [0.29, 0.717) is 11.1 Å². The predicted octanol–water partition coefficient (Wildman–Crippen LogP) is 1.97. The number of rotatable bonds is 6. The van der Waals surface area contributed by atoms with Crippen LogP contribution >= 0.6 is 0 Å². The first-order chi connectivity index (χ1) is 12.6. The Morgan fingerprint density at radius 2 is 1.77 bits per heavy atom. The maximum Gasteiger partial charge on any atom is 0.326 e. The second-order valence-corrected chi connectivity index (χ2v) is 5.62. The number of imide groups is 1. The van der Waals surface area contributed by atoms with E-state index in [9.17, 15) is 18.8 Å². The average Bonchev–Trinajstić information content (AvgIpc) is 2.63. The van der Waals surface area contributed by atoms with E-state index in [0.717, 1.165) is 4.90 Å². The van der Waals surface area contributed by atoms with Gasteiger partial charge in [0.1, 0.15) is 19.8 Å². The number of benzene rings is 2. The van der Waals surface area contributed by atoms with Crippen molar-refractivity contribution in [3.8, 4) is 5.75 Å². The van der Waals surface area contributed by atoms with Crippen LogP contribution in [0.5, 0.6) is 5.75 Å². The first-order valence-electron chi connectivity index (χ1n) is 8.02. The quantitative estimate of drug-likeness (QED) is 0.449. The molecule has 0 spiro atoms. The number of nitrogens with zero attached hydrogens (tertiary/aromatic N) is 1. The van der Waals surface area contributed by atoms with Gasteiger partial charge in [0.05, 0.1) is 6.42 Å². The highest BCUT2D eigenvalue weighted by molar-refractivity contribution is 6.11. The summed E-state index contributed by atoms with van der Waals surface area (Å²) >= 11 is 0. The molecule has 7 heteroatoms. The molecule has 0 N–H and O–H groups in total. The molecule has 6 nitrogen and oxygen atoms in total. The number of hydrogen-bond acceptors (Lipinski definition) is 5. The Balaban J connectivity index is 1.50. The van der Waals surface area contributed by atoms with Crippen LogP contribution in [0, 0.1) is 5.82 Å². The summed E-state index contributed by atoms with van der Waals surface area (Å²) in [5, 5.41) is 0. The second kappa shape index (κ2) is 7.77. The molecular weight excluding hydrogens is 341 g/mol. The molecule has 0 bridgehead atoms. The first kappa shape index (κ1) is 17.6. The highest BCUT2D eigenvalue weighted by atomic mass is 19.1. The summed E-state index contributed by atoms with van der Waals surface area (Å²) in [6.45, 7) is -0.636. The van der Waals surface area contributed by atoms with Crippen molar-refractivity contribution in [1.29, 1.82) is 0 Å². The van der Waals surface area contributed by atoms with Crippen LogP contribution in [0.25, 0.3) is 0 Å². The normalized spacial score (nSPS) is 13.3. The molecule has 3 rings (SSSR count). The van der Waals surface area contributed by atoms with E-state index in [4.69, 9.17) is 9.47 Å². The topological polar surface area (TPSA) is 72.9 Å². The number of amides is 2. The van der Waals surface area contributed by atoms with E-state index in [1.54, 1.807) is 30.3 Å². The van der Waals surface area contributed by atoms with E-state index >= 15 is 0 Å². The van der Waals surface area contributed by atoms with Crippen LogP contribution in [0.15, 0.2) is 48.5 Å². The molecule has 0 aliphatic carbocycles. The minimum atomic E-state index is -0.733. The van der Waals surface area contributed by atoms with Gasteiger partial charge in [-0.3, -0.25) is 19.3 Å². The number of fused-ring (bicyclic) bond motifs is 1. The van der Waals surface area contributed by atoms with E-state index in [1.807, 2.05) is 0 Å². The van der Waals surface area contributed by atoms with Gasteiger partial charge >= 0.3 is 5.97 Å². The molecule has 1 aliphatic heterocycles. The summed E-state index contributed by atoms with van der Waals surface area (Å²) in [6, 6.07) is 12.6. The lowest BCUT2D eigenvalue weighted by Gasteiger charge is -2.25. The Hall–Kier alpha value is -3.22. The van der Waals surface area contributed by atoms with Gasteiger partial charge in [0, 0.05) is 5.56 Å². The van der Waals surface area contributed by atoms with E-state index in [2.05, 4.69) is 0 Å². The van der Waals surface area contributed by atoms with Crippen LogP contribution in [0.1, 0.15) is 15.9 Å². The fraction of sp³-hybridized carbons (Fsp3) is 0.211. The third-order valence-electron chi connectivity index (χ3n) is 3.86. The minimum absolute atomic E-state index is 0.0442. The average molecular weight is 357 g/mol. The summed E-state index contributed by atoms with van der Waals surface area (Å²) in [4.78, 5) is 37.2. The van der Waals surface area contributed by atoms with Crippen LogP contribution < -0.4 is 4.74 Å². The van der Waals surface area contributed by atoms with Crippen LogP contribution in [-0.2, 0) is 20.7 Å². The van der Waals surface area contributed by atoms with Crippen molar-refractivity contribution in [2.45, 2.75) is 6.42 Å². The zero-order chi connectivity index (χ0) is 18.5. The van der Waals surface area contributed by atoms with E-state index in [1.165, 1.54) is 18.2 Å². The zero-order valence-corrected chi connectivity index (χ0v) is 13.8. The molecule has 26 heavy (non-hydrogen) atoms. The van der Waals surface area contributed by atoms with Crippen molar-refractivity contribution < 1.29 is 28.2 Å². The molecule has 0 aromatic heterocycles. The SMILES string of the molecule is O=C(CN1C(=O)Cc2ccccc2C1=O)OCCOc1ccccc1F. The van der Waals surface area contributed by atoms with Gasteiger partial charge in [-0.1, -0.05) is 30.3 Å². The Bertz CT molecular complexity index is 851. The molecule has 134 valence electrons. The molecule has 0 atom stereocenters. The summed E-state index contributed by atoms with van der Waals surface area (Å²) < 4.78 is 23.5. The van der Waals surface area contributed by atoms with Crippen LogP contribution in [-0.4, -0.2) is 42.4 Å². The Labute approximate surface area is 149 Å². The van der Waals surface area contributed by atoms with Crippen molar-refractivity contribution >= 4 is 17.8 Å². The van der Waals surface area contributed by atoms with Crippen molar-refractivity contribution in [3.63, 3.8) is 0 Å². The third kappa shape index (κ3) is 3.88. The smallest absolute Gasteiger partial charge is 0.326 e. The highest BCUT2D eigenvalue weighted by Crippen LogP contribution is 2.19. The second-order valence-electron chi connectivity index (χ2n) is 5.62. The van der Waals surface area contributed by atoms with Crippen LogP contribution in [0.4, 0.5) is 4.39 Å². The molecule has 0 saturated heterocycles. The molecule has 0 unspecified atom stereocenters. The lowest BCUT2D eigenvalue weighted by atomic mass is 9.98. The van der Waals surface area contributed by atoms with Gasteiger partial charge in [0.15, 0.2) is 11.6 Å². The number of ether oxygens (including phenoxy) is 2. The van der Waals surface area contributed by atoms with Gasteiger partial charge in [-0.25, -0.2) is 4.39 Å². The maximum atomic E-state index is 13.4. The maximum absolute atomic E-state index is 13.4. The third-order valence-corrected chi connectivity index (χ3v) is 3.86. The molecule has 0 radical (unpaired) electrons. The highest BCUT2D eigenvalue weighted by Gasteiger charge is 2.32. The Kier molecular flexibility index (Phi) is 5.26.